The summed E-state index contributed by atoms with van der Waals surface area (Å²) in [6, 6.07) is 21.9. The van der Waals surface area contributed by atoms with Crippen LogP contribution in [-0.4, -0.2) is 50.2 Å². The van der Waals surface area contributed by atoms with Gasteiger partial charge in [-0.1, -0.05) is 60.7 Å². The summed E-state index contributed by atoms with van der Waals surface area (Å²) in [4.78, 5) is 7.04. The van der Waals surface area contributed by atoms with Crippen LogP contribution in [0.4, 0.5) is 0 Å². The van der Waals surface area contributed by atoms with E-state index in [4.69, 9.17) is 4.74 Å². The van der Waals surface area contributed by atoms with Crippen LogP contribution in [-0.2, 0) is 11.3 Å². The lowest BCUT2D eigenvalue weighted by atomic mass is 9.89. The third-order valence-corrected chi connectivity index (χ3v) is 6.51. The number of aliphatic imine (C=N–C) groups is 1. The molecule has 174 valence electrons. The van der Waals surface area contributed by atoms with Crippen LogP contribution in [0.3, 0.4) is 0 Å². The number of rotatable bonds is 6. The minimum absolute atomic E-state index is 0. The van der Waals surface area contributed by atoms with Crippen LogP contribution in [0.25, 0.3) is 0 Å². The van der Waals surface area contributed by atoms with Crippen molar-refractivity contribution in [1.29, 1.82) is 0 Å². The monoisotopic (exact) mass is 548 g/mol. The minimum Gasteiger partial charge on any atom is -0.373 e. The summed E-state index contributed by atoms with van der Waals surface area (Å²) in [5.41, 5.74) is 2.68. The Labute approximate surface area is 210 Å². The van der Waals surface area contributed by atoms with E-state index in [1.54, 1.807) is 0 Å². The third-order valence-electron chi connectivity index (χ3n) is 6.51. The van der Waals surface area contributed by atoms with E-state index in [-0.39, 0.29) is 30.1 Å². The number of piperidine rings is 1. The molecule has 2 aromatic carbocycles. The summed E-state index contributed by atoms with van der Waals surface area (Å²) in [6.45, 7) is 5.02. The molecule has 2 unspecified atom stereocenters. The molecule has 5 nitrogen and oxygen atoms in total. The van der Waals surface area contributed by atoms with Gasteiger partial charge in [-0.05, 0) is 36.8 Å². The predicted molar refractivity (Wildman–Crippen MR) is 143 cm³/mol. The van der Waals surface area contributed by atoms with Gasteiger partial charge in [-0.2, -0.15) is 0 Å². The second-order valence-electron chi connectivity index (χ2n) is 8.74. The maximum Gasteiger partial charge on any atom is 0.191 e. The number of nitrogens with one attached hydrogen (secondary N) is 2. The van der Waals surface area contributed by atoms with Gasteiger partial charge in [0, 0.05) is 51.8 Å². The second-order valence-corrected chi connectivity index (χ2v) is 8.74. The van der Waals surface area contributed by atoms with Gasteiger partial charge >= 0.3 is 0 Å². The molecule has 0 bridgehead atoms. The molecule has 4 rings (SSSR count). The fraction of sp³-hybridized carbons (Fsp3) is 0.500. The van der Waals surface area contributed by atoms with Crippen molar-refractivity contribution in [1.82, 2.24) is 15.5 Å². The van der Waals surface area contributed by atoms with Gasteiger partial charge in [0.2, 0.25) is 0 Å². The summed E-state index contributed by atoms with van der Waals surface area (Å²) in [6.07, 6.45) is 4.77. The zero-order valence-electron chi connectivity index (χ0n) is 19.1. The normalized spacial score (nSPS) is 22.7. The summed E-state index contributed by atoms with van der Waals surface area (Å²) in [5.74, 6) is 1.38. The van der Waals surface area contributed by atoms with Crippen molar-refractivity contribution in [3.8, 4) is 0 Å². The van der Waals surface area contributed by atoms with Crippen LogP contribution in [0.1, 0.15) is 42.9 Å². The smallest absolute Gasteiger partial charge is 0.191 e. The molecule has 0 spiro atoms. The maximum atomic E-state index is 6.15. The number of likely N-dealkylation sites (tertiary alicyclic amines) is 1. The molecule has 2 heterocycles. The highest BCUT2D eigenvalue weighted by atomic mass is 127. The lowest BCUT2D eigenvalue weighted by Gasteiger charge is -2.34. The molecule has 2 fully saturated rings. The second kappa shape index (κ2) is 13.2. The maximum absolute atomic E-state index is 6.15. The van der Waals surface area contributed by atoms with Crippen LogP contribution in [0.15, 0.2) is 65.7 Å². The van der Waals surface area contributed by atoms with Gasteiger partial charge in [0.1, 0.15) is 0 Å². The molecule has 0 radical (unpaired) electrons. The van der Waals surface area contributed by atoms with Crippen molar-refractivity contribution < 1.29 is 4.74 Å². The van der Waals surface area contributed by atoms with E-state index in [0.29, 0.717) is 12.0 Å². The highest BCUT2D eigenvalue weighted by Gasteiger charge is 2.28. The van der Waals surface area contributed by atoms with Gasteiger partial charge in [-0.15, -0.1) is 24.0 Å². The van der Waals surface area contributed by atoms with Crippen LogP contribution < -0.4 is 10.6 Å². The number of hydrogen-bond donors (Lipinski definition) is 2. The zero-order valence-corrected chi connectivity index (χ0v) is 21.4. The molecule has 0 saturated carbocycles. The molecule has 0 aromatic heterocycles. The number of hydrogen-bond acceptors (Lipinski definition) is 3. The molecule has 2 aliphatic heterocycles. The number of guanidine groups is 1. The molecule has 0 amide bonds. The first-order valence-corrected chi connectivity index (χ1v) is 11.7. The van der Waals surface area contributed by atoms with Crippen molar-refractivity contribution in [2.24, 2.45) is 10.9 Å². The largest absolute Gasteiger partial charge is 0.373 e. The number of ether oxygens (including phenoxy) is 1. The van der Waals surface area contributed by atoms with Crippen LogP contribution in [0.5, 0.6) is 0 Å². The van der Waals surface area contributed by atoms with E-state index in [0.717, 1.165) is 58.0 Å². The van der Waals surface area contributed by atoms with Crippen LogP contribution >= 0.6 is 24.0 Å². The SMILES string of the molecule is CN=C(NCC1CCCOC1c1ccccc1)NC1CCN(Cc2ccccc2)CC1.I. The van der Waals surface area contributed by atoms with E-state index in [1.165, 1.54) is 17.5 Å². The summed E-state index contributed by atoms with van der Waals surface area (Å²) in [5, 5.41) is 7.24. The van der Waals surface area contributed by atoms with E-state index < -0.39 is 0 Å². The van der Waals surface area contributed by atoms with Crippen LogP contribution in [0, 0.1) is 5.92 Å². The van der Waals surface area contributed by atoms with Gasteiger partial charge in [-0.25, -0.2) is 0 Å². The fourth-order valence-electron chi connectivity index (χ4n) is 4.76. The first-order chi connectivity index (χ1) is 15.3. The first-order valence-electron chi connectivity index (χ1n) is 11.7. The molecule has 2 aromatic rings. The molecular weight excluding hydrogens is 511 g/mol. The van der Waals surface area contributed by atoms with Crippen LogP contribution in [0.2, 0.25) is 0 Å². The van der Waals surface area contributed by atoms with Crippen molar-refractivity contribution in [3.63, 3.8) is 0 Å². The lowest BCUT2D eigenvalue weighted by Crippen LogP contribution is -2.49. The van der Waals surface area contributed by atoms with Gasteiger partial charge in [0.05, 0.1) is 6.10 Å². The average molecular weight is 549 g/mol. The van der Waals surface area contributed by atoms with Crippen molar-refractivity contribution in [3.05, 3.63) is 71.8 Å². The van der Waals surface area contributed by atoms with E-state index in [2.05, 4.69) is 81.2 Å². The topological polar surface area (TPSA) is 48.9 Å². The van der Waals surface area contributed by atoms with Gasteiger partial charge in [0.15, 0.2) is 5.96 Å². The standard InChI is InChI=1S/C26H36N4O.HI/c1-27-26(28-19-23-13-8-18-31-25(23)22-11-6-3-7-12-22)29-24-14-16-30(17-15-24)20-21-9-4-2-5-10-21;/h2-7,9-12,23-25H,8,13-20H2,1H3,(H2,27,28,29);1H. The highest BCUT2D eigenvalue weighted by Crippen LogP contribution is 2.33. The number of benzene rings is 2. The Bertz CT molecular complexity index is 809. The Kier molecular flexibility index (Phi) is 10.3. The molecule has 2 atom stereocenters. The number of nitrogens with zero attached hydrogens (tertiary/aromatic N) is 2. The Hall–Kier alpha value is -1.64. The highest BCUT2D eigenvalue weighted by molar-refractivity contribution is 14.0. The lowest BCUT2D eigenvalue weighted by molar-refractivity contribution is -0.0265. The van der Waals surface area contributed by atoms with E-state index in [9.17, 15) is 0 Å². The van der Waals surface area contributed by atoms with Gasteiger partial charge in [0.25, 0.3) is 0 Å². The minimum atomic E-state index is 0. The summed E-state index contributed by atoms with van der Waals surface area (Å²) >= 11 is 0. The van der Waals surface area contributed by atoms with Gasteiger partial charge in [-0.3, -0.25) is 9.89 Å². The fourth-order valence-corrected chi connectivity index (χ4v) is 4.76. The summed E-state index contributed by atoms with van der Waals surface area (Å²) in [7, 11) is 1.87. The van der Waals surface area contributed by atoms with Crippen molar-refractivity contribution in [2.75, 3.05) is 33.3 Å². The quantitative estimate of drug-likeness (QED) is 0.315. The zero-order chi connectivity index (χ0) is 21.3. The summed E-state index contributed by atoms with van der Waals surface area (Å²) < 4.78 is 6.15. The first kappa shape index (κ1) is 25.0. The number of halogens is 1. The molecule has 32 heavy (non-hydrogen) atoms. The Morgan fingerprint density at radius 2 is 1.69 bits per heavy atom. The Morgan fingerprint density at radius 1 is 1.00 bits per heavy atom. The Morgan fingerprint density at radius 3 is 2.38 bits per heavy atom. The van der Waals surface area contributed by atoms with Gasteiger partial charge < -0.3 is 15.4 Å². The molecule has 2 N–H and O–H groups in total. The van der Waals surface area contributed by atoms with Crippen molar-refractivity contribution >= 4 is 29.9 Å². The molecule has 2 saturated heterocycles. The average Bonchev–Trinajstić information content (AvgIpc) is 2.84. The molecule has 0 aliphatic carbocycles. The predicted octanol–water partition coefficient (Wildman–Crippen LogP) is 4.60. The Balaban J connectivity index is 0.00000289. The van der Waals surface area contributed by atoms with E-state index in [1.807, 2.05) is 7.05 Å². The third kappa shape index (κ3) is 7.18. The van der Waals surface area contributed by atoms with Crippen molar-refractivity contribution in [2.45, 2.75) is 44.4 Å². The molecule has 2 aliphatic rings. The molecule has 6 heteroatoms. The molecular formula is C26H37IN4O. The van der Waals surface area contributed by atoms with E-state index >= 15 is 0 Å².